The molecule has 0 aliphatic carbocycles. The molecule has 0 atom stereocenters. The predicted octanol–water partition coefficient (Wildman–Crippen LogP) is 3.49. The van der Waals surface area contributed by atoms with Crippen LogP contribution in [0.15, 0.2) is 12.1 Å². The van der Waals surface area contributed by atoms with Crippen molar-refractivity contribution in [3.63, 3.8) is 0 Å². The van der Waals surface area contributed by atoms with Crippen LogP contribution in [0.4, 0.5) is 0 Å². The Morgan fingerprint density at radius 1 is 1.16 bits per heavy atom. The Labute approximate surface area is 128 Å². The fourth-order valence-corrected chi connectivity index (χ4v) is 2.87. The average Bonchev–Trinajstić information content (AvgIpc) is 2.39. The zero-order valence-corrected chi connectivity index (χ0v) is 12.8. The standard InChI is InChI=1S/C13H16Cl3NO2/c14-1-3-17(4-2-15)7-10-5-12(16)6-11-8-18-9-19-13(10)11/h5-6H,1-4,7-9H2. The Bertz CT molecular complexity index is 423. The third-order valence-electron chi connectivity index (χ3n) is 2.95. The molecule has 0 radical (unpaired) electrons. The van der Waals surface area contributed by atoms with Gasteiger partial charge in [0, 0.05) is 47.5 Å². The number of benzene rings is 1. The first-order chi connectivity index (χ1) is 9.24. The van der Waals surface area contributed by atoms with Crippen molar-refractivity contribution >= 4 is 34.8 Å². The number of alkyl halides is 2. The lowest BCUT2D eigenvalue weighted by Crippen LogP contribution is -2.28. The first kappa shape index (κ1) is 15.2. The summed E-state index contributed by atoms with van der Waals surface area (Å²) in [4.78, 5) is 2.19. The SMILES string of the molecule is ClCCN(CCCl)Cc1cc(Cl)cc2c1OCOC2. The third kappa shape index (κ3) is 4.14. The maximum atomic E-state index is 6.14. The monoisotopic (exact) mass is 323 g/mol. The number of fused-ring (bicyclic) bond motifs is 1. The molecule has 0 amide bonds. The molecular formula is C13H16Cl3NO2. The molecule has 0 unspecified atom stereocenters. The highest BCUT2D eigenvalue weighted by Gasteiger charge is 2.18. The fourth-order valence-electron chi connectivity index (χ4n) is 2.12. The van der Waals surface area contributed by atoms with Crippen molar-refractivity contribution in [2.45, 2.75) is 13.2 Å². The van der Waals surface area contributed by atoms with Gasteiger partial charge in [0.25, 0.3) is 0 Å². The van der Waals surface area contributed by atoms with Crippen LogP contribution < -0.4 is 4.74 Å². The summed E-state index contributed by atoms with van der Waals surface area (Å²) >= 11 is 17.8. The van der Waals surface area contributed by atoms with Crippen molar-refractivity contribution in [2.24, 2.45) is 0 Å². The van der Waals surface area contributed by atoms with Gasteiger partial charge in [0.15, 0.2) is 6.79 Å². The molecule has 6 heteroatoms. The Balaban J connectivity index is 2.20. The second kappa shape index (κ2) is 7.55. The van der Waals surface area contributed by atoms with Gasteiger partial charge in [-0.3, -0.25) is 4.90 Å². The van der Waals surface area contributed by atoms with Gasteiger partial charge in [-0.15, -0.1) is 23.2 Å². The summed E-state index contributed by atoms with van der Waals surface area (Å²) in [5, 5.41) is 0.694. The summed E-state index contributed by atoms with van der Waals surface area (Å²) < 4.78 is 10.9. The van der Waals surface area contributed by atoms with Crippen molar-refractivity contribution in [3.8, 4) is 5.75 Å². The number of rotatable bonds is 6. The lowest BCUT2D eigenvalue weighted by Gasteiger charge is -2.25. The summed E-state index contributed by atoms with van der Waals surface area (Å²) in [7, 11) is 0. The van der Waals surface area contributed by atoms with E-state index in [1.807, 2.05) is 12.1 Å². The van der Waals surface area contributed by atoms with Gasteiger partial charge < -0.3 is 9.47 Å². The minimum atomic E-state index is 0.284. The molecule has 1 aromatic carbocycles. The molecule has 0 spiro atoms. The van der Waals surface area contributed by atoms with E-state index >= 15 is 0 Å². The minimum absolute atomic E-state index is 0.284. The fraction of sp³-hybridized carbons (Fsp3) is 0.538. The molecule has 3 nitrogen and oxygen atoms in total. The molecule has 2 rings (SSSR count). The molecule has 0 N–H and O–H groups in total. The number of hydrogen-bond acceptors (Lipinski definition) is 3. The molecule has 0 saturated carbocycles. The van der Waals surface area contributed by atoms with Gasteiger partial charge in [0.1, 0.15) is 5.75 Å². The van der Waals surface area contributed by atoms with Gasteiger partial charge in [-0.2, -0.15) is 0 Å². The van der Waals surface area contributed by atoms with Gasteiger partial charge in [0.2, 0.25) is 0 Å². The van der Waals surface area contributed by atoms with E-state index in [9.17, 15) is 0 Å². The van der Waals surface area contributed by atoms with E-state index in [1.165, 1.54) is 0 Å². The van der Waals surface area contributed by atoms with E-state index in [4.69, 9.17) is 44.3 Å². The number of nitrogens with zero attached hydrogens (tertiary/aromatic N) is 1. The molecule has 1 aliphatic heterocycles. The second-order valence-corrected chi connectivity index (χ2v) is 5.51. The van der Waals surface area contributed by atoms with Crippen LogP contribution in [-0.4, -0.2) is 36.5 Å². The van der Waals surface area contributed by atoms with Crippen molar-refractivity contribution in [2.75, 3.05) is 31.6 Å². The molecule has 106 valence electrons. The van der Waals surface area contributed by atoms with Crippen LogP contribution >= 0.6 is 34.8 Å². The van der Waals surface area contributed by atoms with Crippen LogP contribution in [0.5, 0.6) is 5.75 Å². The first-order valence-electron chi connectivity index (χ1n) is 6.10. The molecule has 0 fully saturated rings. The Hall–Kier alpha value is -0.190. The maximum absolute atomic E-state index is 6.14. The second-order valence-electron chi connectivity index (χ2n) is 4.32. The Kier molecular flexibility index (Phi) is 6.05. The van der Waals surface area contributed by atoms with Crippen LogP contribution in [0.3, 0.4) is 0 Å². The summed E-state index contributed by atoms with van der Waals surface area (Å²) in [5.74, 6) is 2.03. The topological polar surface area (TPSA) is 21.7 Å². The number of hydrogen-bond donors (Lipinski definition) is 0. The van der Waals surface area contributed by atoms with Crippen LogP contribution in [0.2, 0.25) is 5.02 Å². The molecule has 1 aromatic rings. The highest BCUT2D eigenvalue weighted by atomic mass is 35.5. The van der Waals surface area contributed by atoms with Crippen molar-refractivity contribution < 1.29 is 9.47 Å². The smallest absolute Gasteiger partial charge is 0.189 e. The molecule has 1 heterocycles. The summed E-state index contributed by atoms with van der Waals surface area (Å²) in [5.41, 5.74) is 2.05. The lowest BCUT2D eigenvalue weighted by atomic mass is 10.1. The molecule has 19 heavy (non-hydrogen) atoms. The zero-order valence-electron chi connectivity index (χ0n) is 10.5. The maximum Gasteiger partial charge on any atom is 0.189 e. The zero-order chi connectivity index (χ0) is 13.7. The highest BCUT2D eigenvalue weighted by Crippen LogP contribution is 2.32. The highest BCUT2D eigenvalue weighted by molar-refractivity contribution is 6.30. The molecule has 1 aliphatic rings. The van der Waals surface area contributed by atoms with Crippen LogP contribution in [0.1, 0.15) is 11.1 Å². The lowest BCUT2D eigenvalue weighted by molar-refractivity contribution is -0.0174. The van der Waals surface area contributed by atoms with Crippen LogP contribution in [-0.2, 0) is 17.9 Å². The number of ether oxygens (including phenoxy) is 2. The minimum Gasteiger partial charge on any atom is -0.467 e. The Morgan fingerprint density at radius 3 is 2.58 bits per heavy atom. The van der Waals surface area contributed by atoms with Crippen molar-refractivity contribution in [3.05, 3.63) is 28.3 Å². The number of halogens is 3. The van der Waals surface area contributed by atoms with E-state index in [2.05, 4.69) is 4.90 Å². The van der Waals surface area contributed by atoms with Gasteiger partial charge in [-0.25, -0.2) is 0 Å². The van der Waals surface area contributed by atoms with Gasteiger partial charge in [-0.1, -0.05) is 11.6 Å². The van der Waals surface area contributed by atoms with Gasteiger partial charge in [-0.05, 0) is 12.1 Å². The summed E-state index contributed by atoms with van der Waals surface area (Å²) in [6.45, 7) is 3.11. The summed E-state index contributed by atoms with van der Waals surface area (Å²) in [6.07, 6.45) is 0. The van der Waals surface area contributed by atoms with Crippen molar-refractivity contribution in [1.29, 1.82) is 0 Å². The molecule has 0 bridgehead atoms. The average molecular weight is 325 g/mol. The van der Waals surface area contributed by atoms with Gasteiger partial charge >= 0.3 is 0 Å². The molecule has 0 aromatic heterocycles. The van der Waals surface area contributed by atoms with E-state index in [-0.39, 0.29) is 6.79 Å². The van der Waals surface area contributed by atoms with E-state index in [1.54, 1.807) is 0 Å². The Morgan fingerprint density at radius 2 is 1.89 bits per heavy atom. The van der Waals surface area contributed by atoms with Crippen LogP contribution in [0.25, 0.3) is 0 Å². The third-order valence-corrected chi connectivity index (χ3v) is 3.50. The van der Waals surface area contributed by atoms with E-state index in [0.29, 0.717) is 23.4 Å². The first-order valence-corrected chi connectivity index (χ1v) is 7.55. The van der Waals surface area contributed by atoms with Crippen LogP contribution in [0, 0.1) is 0 Å². The van der Waals surface area contributed by atoms with Gasteiger partial charge in [0.05, 0.1) is 6.61 Å². The van der Waals surface area contributed by atoms with Crippen molar-refractivity contribution in [1.82, 2.24) is 4.90 Å². The summed E-state index contributed by atoms with van der Waals surface area (Å²) in [6, 6.07) is 3.81. The van der Waals surface area contributed by atoms with E-state index in [0.717, 1.165) is 36.5 Å². The quantitative estimate of drug-likeness (QED) is 0.748. The molecule has 0 saturated heterocycles. The predicted molar refractivity (Wildman–Crippen MR) is 78.5 cm³/mol. The molecular weight excluding hydrogens is 309 g/mol. The normalized spacial score (nSPS) is 14.3. The van der Waals surface area contributed by atoms with E-state index < -0.39 is 0 Å². The largest absolute Gasteiger partial charge is 0.467 e.